The van der Waals surface area contributed by atoms with Gasteiger partial charge in [-0.25, -0.2) is 0 Å². The Hall–Kier alpha value is -2.77. The second kappa shape index (κ2) is 7.87. The van der Waals surface area contributed by atoms with Crippen molar-refractivity contribution < 1.29 is 24.2 Å². The summed E-state index contributed by atoms with van der Waals surface area (Å²) < 4.78 is 4.64. The van der Waals surface area contributed by atoms with Gasteiger partial charge in [0.15, 0.2) is 0 Å². The molecule has 1 aromatic rings. The number of nitrogens with two attached hydrogens (primary N) is 1. The molecular formula is C14H19N3O5. The van der Waals surface area contributed by atoms with Gasteiger partial charge in [-0.15, -0.1) is 0 Å². The predicted octanol–water partition coefficient (Wildman–Crippen LogP) is -0.308. The van der Waals surface area contributed by atoms with Gasteiger partial charge in [0, 0.05) is 0 Å². The smallest absolute Gasteiger partial charge is 0.325 e. The number of ether oxygens (including phenoxy) is 1. The molecule has 0 aliphatic carbocycles. The Morgan fingerprint density at radius 2 is 1.91 bits per heavy atom. The molecule has 22 heavy (non-hydrogen) atoms. The summed E-state index contributed by atoms with van der Waals surface area (Å²) in [6, 6.07) is 3.00. The van der Waals surface area contributed by atoms with Crippen molar-refractivity contribution in [1.29, 1.82) is 0 Å². The lowest BCUT2D eigenvalue weighted by molar-refractivity contribution is -0.143. The number of carbonyl (C=O) groups is 3. The standard InChI is InChI=1S/C14H19N3O5/c1-3-22-11(19)7-16-10(18)6-17-14(21)9-5-4-8(2)13(20)12(9)15/h4-5,20H,3,6-7,15H2,1-2H3,(H,16,18)(H,17,21). The maximum atomic E-state index is 11.9. The van der Waals surface area contributed by atoms with Crippen LogP contribution in [0.4, 0.5) is 5.69 Å². The lowest BCUT2D eigenvalue weighted by Gasteiger charge is -2.10. The molecule has 1 aromatic carbocycles. The number of phenols is 1. The van der Waals surface area contributed by atoms with Gasteiger partial charge in [-0.2, -0.15) is 0 Å². The van der Waals surface area contributed by atoms with Crippen LogP contribution in [0.25, 0.3) is 0 Å². The minimum absolute atomic E-state index is 0.0515. The predicted molar refractivity (Wildman–Crippen MR) is 79.2 cm³/mol. The maximum Gasteiger partial charge on any atom is 0.325 e. The quantitative estimate of drug-likeness (QED) is 0.324. The van der Waals surface area contributed by atoms with E-state index >= 15 is 0 Å². The molecule has 0 atom stereocenters. The van der Waals surface area contributed by atoms with Crippen LogP contribution in [0.3, 0.4) is 0 Å². The van der Waals surface area contributed by atoms with Crippen LogP contribution in [0, 0.1) is 6.92 Å². The molecule has 0 heterocycles. The molecule has 0 saturated carbocycles. The molecule has 0 aromatic heterocycles. The first-order chi connectivity index (χ1) is 10.4. The molecule has 0 spiro atoms. The summed E-state index contributed by atoms with van der Waals surface area (Å²) in [5.41, 5.74) is 6.21. The Labute approximate surface area is 127 Å². The summed E-state index contributed by atoms with van der Waals surface area (Å²) >= 11 is 0. The Kier molecular flexibility index (Phi) is 6.18. The van der Waals surface area contributed by atoms with Crippen LogP contribution in [0.1, 0.15) is 22.8 Å². The van der Waals surface area contributed by atoms with Gasteiger partial charge in [-0.05, 0) is 25.5 Å². The summed E-state index contributed by atoms with van der Waals surface area (Å²) in [5, 5.41) is 14.3. The second-order valence-corrected chi connectivity index (χ2v) is 4.46. The SMILES string of the molecule is CCOC(=O)CNC(=O)CNC(=O)c1ccc(C)c(O)c1N. The van der Waals surface area contributed by atoms with E-state index in [0.717, 1.165) is 0 Å². The average molecular weight is 309 g/mol. The van der Waals surface area contributed by atoms with E-state index in [9.17, 15) is 19.5 Å². The fourth-order valence-electron chi connectivity index (χ4n) is 1.62. The maximum absolute atomic E-state index is 11.9. The number of aryl methyl sites for hydroxylation is 1. The number of hydrogen-bond donors (Lipinski definition) is 4. The molecule has 0 aliphatic heterocycles. The molecule has 0 unspecified atom stereocenters. The van der Waals surface area contributed by atoms with Crippen molar-refractivity contribution in [2.45, 2.75) is 13.8 Å². The van der Waals surface area contributed by atoms with Gasteiger partial charge in [0.05, 0.1) is 24.4 Å². The van der Waals surface area contributed by atoms with Crippen LogP contribution in [0.2, 0.25) is 0 Å². The number of nitrogens with one attached hydrogen (secondary N) is 2. The number of carbonyl (C=O) groups excluding carboxylic acids is 3. The first-order valence-electron chi connectivity index (χ1n) is 6.65. The van der Waals surface area contributed by atoms with E-state index < -0.39 is 17.8 Å². The van der Waals surface area contributed by atoms with E-state index in [2.05, 4.69) is 15.4 Å². The Morgan fingerprint density at radius 3 is 2.55 bits per heavy atom. The van der Waals surface area contributed by atoms with E-state index in [1.54, 1.807) is 19.9 Å². The van der Waals surface area contributed by atoms with Crippen molar-refractivity contribution in [3.63, 3.8) is 0 Å². The molecule has 0 bridgehead atoms. The van der Waals surface area contributed by atoms with E-state index in [-0.39, 0.29) is 36.7 Å². The third-order valence-corrected chi connectivity index (χ3v) is 2.81. The van der Waals surface area contributed by atoms with Crippen molar-refractivity contribution in [3.8, 4) is 5.75 Å². The highest BCUT2D eigenvalue weighted by Gasteiger charge is 2.15. The van der Waals surface area contributed by atoms with E-state index in [0.29, 0.717) is 5.56 Å². The van der Waals surface area contributed by atoms with Crippen molar-refractivity contribution in [2.24, 2.45) is 0 Å². The minimum Gasteiger partial charge on any atom is -0.505 e. The lowest BCUT2D eigenvalue weighted by atomic mass is 10.1. The third kappa shape index (κ3) is 4.65. The van der Waals surface area contributed by atoms with Gasteiger partial charge in [-0.1, -0.05) is 6.07 Å². The molecule has 5 N–H and O–H groups in total. The molecule has 0 radical (unpaired) electrons. The molecule has 0 saturated heterocycles. The number of phenolic OH excluding ortho intramolecular Hbond substituents is 1. The first-order valence-corrected chi connectivity index (χ1v) is 6.65. The number of hydrogen-bond acceptors (Lipinski definition) is 6. The second-order valence-electron chi connectivity index (χ2n) is 4.46. The van der Waals surface area contributed by atoms with Gasteiger partial charge in [-0.3, -0.25) is 14.4 Å². The zero-order valence-corrected chi connectivity index (χ0v) is 12.4. The summed E-state index contributed by atoms with van der Waals surface area (Å²) in [4.78, 5) is 34.4. The van der Waals surface area contributed by atoms with Gasteiger partial charge in [0.2, 0.25) is 5.91 Å². The summed E-state index contributed by atoms with van der Waals surface area (Å²) in [6.45, 7) is 2.93. The molecule has 120 valence electrons. The van der Waals surface area contributed by atoms with E-state index in [1.807, 2.05) is 0 Å². The third-order valence-electron chi connectivity index (χ3n) is 2.81. The van der Waals surface area contributed by atoms with E-state index in [4.69, 9.17) is 5.73 Å². The van der Waals surface area contributed by atoms with Crippen molar-refractivity contribution in [3.05, 3.63) is 23.3 Å². The molecule has 2 amide bonds. The Morgan fingerprint density at radius 1 is 1.23 bits per heavy atom. The Balaban J connectivity index is 2.51. The van der Waals surface area contributed by atoms with Gasteiger partial charge in [0.1, 0.15) is 12.3 Å². The number of anilines is 1. The number of benzene rings is 1. The molecule has 8 heteroatoms. The number of amides is 2. The van der Waals surface area contributed by atoms with Crippen LogP contribution in [0.15, 0.2) is 12.1 Å². The molecule has 1 rings (SSSR count). The molecular weight excluding hydrogens is 290 g/mol. The molecule has 0 fully saturated rings. The fraction of sp³-hybridized carbons (Fsp3) is 0.357. The number of aromatic hydroxyl groups is 1. The van der Waals surface area contributed by atoms with E-state index in [1.165, 1.54) is 6.07 Å². The number of esters is 1. The number of rotatable bonds is 6. The average Bonchev–Trinajstić information content (AvgIpc) is 2.48. The van der Waals surface area contributed by atoms with Crippen molar-refractivity contribution >= 4 is 23.5 Å². The largest absolute Gasteiger partial charge is 0.505 e. The van der Waals surface area contributed by atoms with Crippen LogP contribution in [-0.4, -0.2) is 42.6 Å². The molecule has 8 nitrogen and oxygen atoms in total. The summed E-state index contributed by atoms with van der Waals surface area (Å²) in [6.07, 6.45) is 0. The lowest BCUT2D eigenvalue weighted by Crippen LogP contribution is -2.39. The summed E-state index contributed by atoms with van der Waals surface area (Å²) in [5.74, 6) is -1.87. The topological polar surface area (TPSA) is 131 Å². The highest BCUT2D eigenvalue weighted by molar-refractivity contribution is 6.02. The monoisotopic (exact) mass is 309 g/mol. The zero-order chi connectivity index (χ0) is 16.7. The highest BCUT2D eigenvalue weighted by atomic mass is 16.5. The first kappa shape index (κ1) is 17.3. The highest BCUT2D eigenvalue weighted by Crippen LogP contribution is 2.27. The van der Waals surface area contributed by atoms with Gasteiger partial charge >= 0.3 is 5.97 Å². The van der Waals surface area contributed by atoms with Crippen LogP contribution in [-0.2, 0) is 14.3 Å². The van der Waals surface area contributed by atoms with Gasteiger partial charge < -0.3 is 26.2 Å². The Bertz CT molecular complexity index is 586. The van der Waals surface area contributed by atoms with Crippen molar-refractivity contribution in [2.75, 3.05) is 25.4 Å². The van der Waals surface area contributed by atoms with Crippen LogP contribution >= 0.6 is 0 Å². The summed E-state index contributed by atoms with van der Waals surface area (Å²) in [7, 11) is 0. The molecule has 0 aliphatic rings. The zero-order valence-electron chi connectivity index (χ0n) is 12.4. The van der Waals surface area contributed by atoms with Crippen LogP contribution in [0.5, 0.6) is 5.75 Å². The minimum atomic E-state index is -0.598. The fourth-order valence-corrected chi connectivity index (χ4v) is 1.62. The van der Waals surface area contributed by atoms with Crippen molar-refractivity contribution in [1.82, 2.24) is 10.6 Å². The number of nitrogen functional groups attached to an aromatic ring is 1. The van der Waals surface area contributed by atoms with Crippen LogP contribution < -0.4 is 16.4 Å². The van der Waals surface area contributed by atoms with Gasteiger partial charge in [0.25, 0.3) is 5.91 Å². The normalized spacial score (nSPS) is 9.91.